The normalized spacial score (nSPS) is 9.12. The quantitative estimate of drug-likeness (QED) is 0.745. The van der Waals surface area contributed by atoms with Crippen molar-refractivity contribution in [2.24, 2.45) is 5.73 Å². The van der Waals surface area contributed by atoms with Gasteiger partial charge in [0.15, 0.2) is 0 Å². The number of carbonyl (C=O) groups is 1. The molecule has 1 rings (SSSR count). The van der Waals surface area contributed by atoms with Crippen molar-refractivity contribution in [3.8, 4) is 0 Å². The van der Waals surface area contributed by atoms with Gasteiger partial charge in [-0.15, -0.1) is 0 Å². The van der Waals surface area contributed by atoms with Crippen LogP contribution in [0.2, 0.25) is 0 Å². The van der Waals surface area contributed by atoms with Crippen molar-refractivity contribution < 1.29 is 4.79 Å². The van der Waals surface area contributed by atoms with E-state index >= 15 is 0 Å². The van der Waals surface area contributed by atoms with Crippen LogP contribution in [0, 0.1) is 0 Å². The first kappa shape index (κ1) is 15.7. The highest BCUT2D eigenvalue weighted by atomic mass is 16.1. The summed E-state index contributed by atoms with van der Waals surface area (Å²) in [4.78, 5) is 11.4. The summed E-state index contributed by atoms with van der Waals surface area (Å²) >= 11 is 0. The third kappa shape index (κ3) is 8.46. The number of hydrogen-bond donors (Lipinski definition) is 2. The van der Waals surface area contributed by atoms with Gasteiger partial charge in [0.25, 0.3) is 0 Å². The van der Waals surface area contributed by atoms with E-state index < -0.39 is 0 Å². The van der Waals surface area contributed by atoms with Crippen molar-refractivity contribution in [3.63, 3.8) is 0 Å². The number of nitrogens with one attached hydrogen (secondary N) is 1. The smallest absolute Gasteiger partial charge is 0.224 e. The molecule has 0 unspecified atom stereocenters. The largest absolute Gasteiger partial charge is 0.330 e. The lowest BCUT2D eigenvalue weighted by molar-refractivity contribution is -0.116. The maximum Gasteiger partial charge on any atom is 0.224 e. The summed E-state index contributed by atoms with van der Waals surface area (Å²) in [5.74, 6) is 0.0817. The summed E-state index contributed by atoms with van der Waals surface area (Å²) in [6, 6.07) is 9.51. The third-order valence-corrected chi connectivity index (χ3v) is 2.17. The molecule has 1 amide bonds. The molecule has 3 nitrogen and oxygen atoms in total. The number of nitrogens with two attached hydrogens (primary N) is 1. The Bertz CT molecular complexity index is 286. The minimum atomic E-state index is 0.0817. The highest BCUT2D eigenvalue weighted by Gasteiger charge is 2.00. The summed E-state index contributed by atoms with van der Waals surface area (Å²) < 4.78 is 0. The van der Waals surface area contributed by atoms with Gasteiger partial charge in [0.05, 0.1) is 0 Å². The van der Waals surface area contributed by atoms with Crippen molar-refractivity contribution in [3.05, 3.63) is 30.3 Å². The van der Waals surface area contributed by atoms with E-state index in [1.165, 1.54) is 0 Å². The molecule has 0 spiro atoms. The van der Waals surface area contributed by atoms with Crippen molar-refractivity contribution in [1.82, 2.24) is 0 Å². The molecule has 3 N–H and O–H groups in total. The Morgan fingerprint density at radius 3 is 2.35 bits per heavy atom. The van der Waals surface area contributed by atoms with E-state index in [0.717, 1.165) is 24.9 Å². The van der Waals surface area contributed by atoms with E-state index in [-0.39, 0.29) is 5.91 Å². The molecule has 0 heterocycles. The van der Waals surface area contributed by atoms with Gasteiger partial charge >= 0.3 is 0 Å². The maximum absolute atomic E-state index is 11.4. The lowest BCUT2D eigenvalue weighted by atomic mass is 10.2. The Morgan fingerprint density at radius 1 is 1.12 bits per heavy atom. The second-order valence-corrected chi connectivity index (χ2v) is 3.51. The van der Waals surface area contributed by atoms with Crippen LogP contribution in [-0.4, -0.2) is 12.5 Å². The van der Waals surface area contributed by atoms with E-state index in [2.05, 4.69) is 5.32 Å². The standard InChI is InChI=1S/C12H18N2O.C2H6/c13-10-6-2-5-9-12(15)14-11-7-3-1-4-8-11;1-2/h1,3-4,7-8H,2,5-6,9-10,13H2,(H,14,15);1-2H3. The number of carbonyl (C=O) groups excluding carboxylic acids is 1. The number of unbranched alkanes of at least 4 members (excludes halogenated alkanes) is 2. The Balaban J connectivity index is 0.00000121. The lowest BCUT2D eigenvalue weighted by Gasteiger charge is -2.04. The molecule has 1 aromatic rings. The Hall–Kier alpha value is -1.35. The molecule has 1 aromatic carbocycles. The van der Waals surface area contributed by atoms with Crippen LogP contribution in [0.15, 0.2) is 30.3 Å². The van der Waals surface area contributed by atoms with Crippen LogP contribution in [0.25, 0.3) is 0 Å². The number of anilines is 1. The van der Waals surface area contributed by atoms with Gasteiger partial charge in [0, 0.05) is 12.1 Å². The zero-order chi connectivity index (χ0) is 12.9. The molecule has 0 bridgehead atoms. The van der Waals surface area contributed by atoms with Crippen molar-refractivity contribution in [1.29, 1.82) is 0 Å². The van der Waals surface area contributed by atoms with Crippen LogP contribution >= 0.6 is 0 Å². The summed E-state index contributed by atoms with van der Waals surface area (Å²) in [5, 5.41) is 2.85. The molecule has 0 saturated carbocycles. The molecular weight excluding hydrogens is 212 g/mol. The van der Waals surface area contributed by atoms with Gasteiger partial charge < -0.3 is 11.1 Å². The van der Waals surface area contributed by atoms with Gasteiger partial charge in [-0.3, -0.25) is 4.79 Å². The third-order valence-electron chi connectivity index (χ3n) is 2.17. The second kappa shape index (κ2) is 11.1. The summed E-state index contributed by atoms with van der Waals surface area (Å²) in [7, 11) is 0. The lowest BCUT2D eigenvalue weighted by Crippen LogP contribution is -2.11. The van der Waals surface area contributed by atoms with Gasteiger partial charge in [-0.25, -0.2) is 0 Å². The highest BCUT2D eigenvalue weighted by molar-refractivity contribution is 5.90. The monoisotopic (exact) mass is 236 g/mol. The molecular formula is C14H24N2O. The van der Waals surface area contributed by atoms with Crippen LogP contribution in [0.1, 0.15) is 39.5 Å². The molecule has 0 fully saturated rings. The second-order valence-electron chi connectivity index (χ2n) is 3.51. The van der Waals surface area contributed by atoms with Crippen LogP contribution in [-0.2, 0) is 4.79 Å². The Morgan fingerprint density at radius 2 is 1.76 bits per heavy atom. The fourth-order valence-electron chi connectivity index (χ4n) is 1.35. The molecule has 17 heavy (non-hydrogen) atoms. The number of rotatable bonds is 6. The summed E-state index contributed by atoms with van der Waals surface area (Å²) in [5.41, 5.74) is 6.23. The molecule has 0 aliphatic carbocycles. The predicted octanol–water partition coefficient (Wildman–Crippen LogP) is 3.17. The minimum Gasteiger partial charge on any atom is -0.330 e. The van der Waals surface area contributed by atoms with E-state index in [4.69, 9.17) is 5.73 Å². The predicted molar refractivity (Wildman–Crippen MR) is 73.9 cm³/mol. The SMILES string of the molecule is CC.NCCCCCC(=O)Nc1ccccc1. The zero-order valence-corrected chi connectivity index (χ0v) is 10.9. The number of para-hydroxylation sites is 1. The average Bonchev–Trinajstić information content (AvgIpc) is 2.38. The highest BCUT2D eigenvalue weighted by Crippen LogP contribution is 2.07. The fourth-order valence-corrected chi connectivity index (χ4v) is 1.35. The first-order valence-corrected chi connectivity index (χ1v) is 6.38. The van der Waals surface area contributed by atoms with Gasteiger partial charge in [-0.2, -0.15) is 0 Å². The molecule has 0 radical (unpaired) electrons. The molecule has 0 atom stereocenters. The molecule has 0 saturated heterocycles. The minimum absolute atomic E-state index is 0.0817. The zero-order valence-electron chi connectivity index (χ0n) is 10.9. The number of amides is 1. The topological polar surface area (TPSA) is 55.1 Å². The van der Waals surface area contributed by atoms with Gasteiger partial charge in [-0.1, -0.05) is 38.5 Å². The first-order chi connectivity index (χ1) is 8.33. The van der Waals surface area contributed by atoms with Gasteiger partial charge in [0.1, 0.15) is 0 Å². The number of benzene rings is 1. The average molecular weight is 236 g/mol. The van der Waals surface area contributed by atoms with Gasteiger partial charge in [-0.05, 0) is 31.5 Å². The van der Waals surface area contributed by atoms with E-state index in [9.17, 15) is 4.79 Å². The first-order valence-electron chi connectivity index (χ1n) is 6.38. The fraction of sp³-hybridized carbons (Fsp3) is 0.500. The van der Waals surface area contributed by atoms with Crippen molar-refractivity contribution >= 4 is 11.6 Å². The van der Waals surface area contributed by atoms with E-state index in [0.29, 0.717) is 13.0 Å². The van der Waals surface area contributed by atoms with Crippen LogP contribution in [0.5, 0.6) is 0 Å². The van der Waals surface area contributed by atoms with Gasteiger partial charge in [0.2, 0.25) is 5.91 Å². The summed E-state index contributed by atoms with van der Waals surface area (Å²) in [6.07, 6.45) is 3.52. The Kier molecular flexibility index (Phi) is 10.3. The van der Waals surface area contributed by atoms with E-state index in [1.807, 2.05) is 44.2 Å². The Labute approximate surface area is 104 Å². The van der Waals surface area contributed by atoms with Crippen LogP contribution in [0.3, 0.4) is 0 Å². The maximum atomic E-state index is 11.4. The van der Waals surface area contributed by atoms with E-state index in [1.54, 1.807) is 0 Å². The van der Waals surface area contributed by atoms with Crippen molar-refractivity contribution in [2.75, 3.05) is 11.9 Å². The summed E-state index contributed by atoms with van der Waals surface area (Å²) in [6.45, 7) is 4.71. The molecule has 0 aliphatic rings. The molecule has 0 aliphatic heterocycles. The molecule has 3 heteroatoms. The van der Waals surface area contributed by atoms with Crippen LogP contribution in [0.4, 0.5) is 5.69 Å². The molecule has 96 valence electrons. The molecule has 0 aromatic heterocycles. The van der Waals surface area contributed by atoms with Crippen LogP contribution < -0.4 is 11.1 Å². The van der Waals surface area contributed by atoms with Crippen molar-refractivity contribution in [2.45, 2.75) is 39.5 Å². The number of hydrogen-bond acceptors (Lipinski definition) is 2.